The van der Waals surface area contributed by atoms with Gasteiger partial charge in [0.25, 0.3) is 0 Å². The molecule has 0 saturated heterocycles. The van der Waals surface area contributed by atoms with E-state index in [0.717, 1.165) is 4.47 Å². The van der Waals surface area contributed by atoms with E-state index in [-0.39, 0.29) is 5.78 Å². The lowest BCUT2D eigenvalue weighted by molar-refractivity contribution is 0.103. The second-order valence-corrected chi connectivity index (χ2v) is 5.66. The molecule has 3 nitrogen and oxygen atoms in total. The summed E-state index contributed by atoms with van der Waals surface area (Å²) >= 11 is 10.9. The molecule has 0 amide bonds. The molecule has 6 heteroatoms. The van der Waals surface area contributed by atoms with Crippen molar-refractivity contribution in [3.63, 3.8) is 0 Å². The average molecular weight is 362 g/mol. The number of carbonyl (C=O) groups excluding carboxylic acids is 1. The van der Waals surface area contributed by atoms with Gasteiger partial charge in [-0.3, -0.25) is 4.79 Å². The molecule has 0 fully saturated rings. The normalized spacial score (nSPS) is 10.3. The van der Waals surface area contributed by atoms with Crippen molar-refractivity contribution in [2.24, 2.45) is 0 Å². The van der Waals surface area contributed by atoms with Gasteiger partial charge >= 0.3 is 0 Å². The lowest BCUT2D eigenvalue weighted by atomic mass is 10.1. The highest BCUT2D eigenvalue weighted by atomic mass is 79.9. The Morgan fingerprint density at radius 2 is 2.00 bits per heavy atom. The SMILES string of the molecule is COc1cc(C(=O)c2cscc2Br)cc(Cl)c1OC. The van der Waals surface area contributed by atoms with Crippen LogP contribution in [-0.4, -0.2) is 20.0 Å². The zero-order valence-electron chi connectivity index (χ0n) is 10.2. The number of ether oxygens (including phenoxy) is 2. The van der Waals surface area contributed by atoms with E-state index < -0.39 is 0 Å². The minimum absolute atomic E-state index is 0.115. The molecule has 0 aliphatic carbocycles. The minimum Gasteiger partial charge on any atom is -0.493 e. The summed E-state index contributed by atoms with van der Waals surface area (Å²) in [4.78, 5) is 12.4. The second-order valence-electron chi connectivity index (χ2n) is 3.66. The van der Waals surface area contributed by atoms with Gasteiger partial charge in [-0.05, 0) is 28.1 Å². The largest absolute Gasteiger partial charge is 0.493 e. The van der Waals surface area contributed by atoms with Crippen molar-refractivity contribution in [2.45, 2.75) is 0 Å². The highest BCUT2D eigenvalue weighted by molar-refractivity contribution is 9.10. The van der Waals surface area contributed by atoms with Gasteiger partial charge in [0.05, 0.1) is 19.2 Å². The third kappa shape index (κ3) is 2.78. The average Bonchev–Trinajstić information content (AvgIpc) is 2.83. The van der Waals surface area contributed by atoms with E-state index in [2.05, 4.69) is 15.9 Å². The van der Waals surface area contributed by atoms with Gasteiger partial charge in [0, 0.05) is 26.4 Å². The third-order valence-electron chi connectivity index (χ3n) is 2.56. The van der Waals surface area contributed by atoms with Gasteiger partial charge in [-0.15, -0.1) is 0 Å². The molecule has 2 aromatic rings. The first-order valence-corrected chi connectivity index (χ1v) is 7.37. The van der Waals surface area contributed by atoms with Crippen LogP contribution < -0.4 is 9.47 Å². The third-order valence-corrected chi connectivity index (χ3v) is 4.54. The number of hydrogen-bond acceptors (Lipinski definition) is 4. The summed E-state index contributed by atoms with van der Waals surface area (Å²) in [6.07, 6.45) is 0. The van der Waals surface area contributed by atoms with Crippen molar-refractivity contribution in [3.05, 3.63) is 43.5 Å². The Bertz CT molecular complexity index is 624. The molecular formula is C13H10BrClO3S. The Morgan fingerprint density at radius 3 is 2.53 bits per heavy atom. The summed E-state index contributed by atoms with van der Waals surface area (Å²) in [6.45, 7) is 0. The molecule has 0 saturated carbocycles. The monoisotopic (exact) mass is 360 g/mol. The summed E-state index contributed by atoms with van der Waals surface area (Å²) < 4.78 is 11.1. The molecule has 0 bridgehead atoms. The van der Waals surface area contributed by atoms with E-state index in [9.17, 15) is 4.79 Å². The fourth-order valence-electron chi connectivity index (χ4n) is 1.65. The maximum Gasteiger partial charge on any atom is 0.195 e. The molecule has 1 heterocycles. The predicted molar refractivity (Wildman–Crippen MR) is 80.0 cm³/mol. The van der Waals surface area contributed by atoms with Gasteiger partial charge in [-0.25, -0.2) is 0 Å². The molecule has 100 valence electrons. The van der Waals surface area contributed by atoms with Crippen LogP contribution >= 0.6 is 38.9 Å². The minimum atomic E-state index is -0.115. The van der Waals surface area contributed by atoms with Crippen LogP contribution in [-0.2, 0) is 0 Å². The Kier molecular flexibility index (Phi) is 4.50. The van der Waals surface area contributed by atoms with Gasteiger partial charge in [0.1, 0.15) is 0 Å². The first-order valence-electron chi connectivity index (χ1n) is 5.26. The van der Waals surface area contributed by atoms with Crippen molar-refractivity contribution >= 4 is 44.7 Å². The number of halogens is 2. The smallest absolute Gasteiger partial charge is 0.195 e. The summed E-state index contributed by atoms with van der Waals surface area (Å²) in [7, 11) is 3.00. The van der Waals surface area contributed by atoms with Gasteiger partial charge < -0.3 is 9.47 Å². The van der Waals surface area contributed by atoms with E-state index in [4.69, 9.17) is 21.1 Å². The molecule has 0 N–H and O–H groups in total. The fraction of sp³-hybridized carbons (Fsp3) is 0.154. The topological polar surface area (TPSA) is 35.5 Å². The van der Waals surface area contributed by atoms with Crippen molar-refractivity contribution < 1.29 is 14.3 Å². The number of ketones is 1. The molecule has 0 atom stereocenters. The van der Waals surface area contributed by atoms with Crippen LogP contribution in [0.2, 0.25) is 5.02 Å². The molecule has 1 aromatic heterocycles. The number of methoxy groups -OCH3 is 2. The van der Waals surface area contributed by atoms with Crippen LogP contribution in [0.15, 0.2) is 27.4 Å². The fourth-order valence-corrected chi connectivity index (χ4v) is 3.39. The number of benzene rings is 1. The van der Waals surface area contributed by atoms with E-state index >= 15 is 0 Å². The Hall–Kier alpha value is -1.04. The standard InChI is InChI=1S/C13H10BrClO3S/c1-17-11-4-7(3-10(15)13(11)18-2)12(16)8-5-19-6-9(8)14/h3-6H,1-2H3. The molecule has 0 spiro atoms. The van der Waals surface area contributed by atoms with E-state index in [1.807, 2.05) is 5.38 Å². The maximum atomic E-state index is 12.4. The van der Waals surface area contributed by atoms with Crippen LogP contribution in [0.1, 0.15) is 15.9 Å². The molecule has 2 rings (SSSR count). The summed E-state index contributed by atoms with van der Waals surface area (Å²) in [5.74, 6) is 0.741. The molecule has 0 aliphatic rings. The zero-order chi connectivity index (χ0) is 14.0. The first-order chi connectivity index (χ1) is 9.08. The van der Waals surface area contributed by atoms with Crippen LogP contribution in [0, 0.1) is 0 Å². The van der Waals surface area contributed by atoms with E-state index in [0.29, 0.717) is 27.6 Å². The number of carbonyl (C=O) groups is 1. The quantitative estimate of drug-likeness (QED) is 0.757. The summed E-state index contributed by atoms with van der Waals surface area (Å²) in [6, 6.07) is 3.20. The van der Waals surface area contributed by atoms with Gasteiger partial charge in [-0.1, -0.05) is 11.6 Å². The van der Waals surface area contributed by atoms with Crippen LogP contribution in [0.5, 0.6) is 11.5 Å². The molecule has 0 radical (unpaired) electrons. The van der Waals surface area contributed by atoms with E-state index in [1.54, 1.807) is 17.5 Å². The predicted octanol–water partition coefficient (Wildman–Crippen LogP) is 4.41. The lowest BCUT2D eigenvalue weighted by Crippen LogP contribution is -2.02. The van der Waals surface area contributed by atoms with Crippen LogP contribution in [0.25, 0.3) is 0 Å². The molecule has 0 aliphatic heterocycles. The van der Waals surface area contributed by atoms with Gasteiger partial charge in [0.2, 0.25) is 0 Å². The Labute approximate surface area is 128 Å². The van der Waals surface area contributed by atoms with Crippen LogP contribution in [0.3, 0.4) is 0 Å². The Balaban J connectivity index is 2.49. The molecular weight excluding hydrogens is 352 g/mol. The van der Waals surface area contributed by atoms with Gasteiger partial charge in [0.15, 0.2) is 17.3 Å². The van der Waals surface area contributed by atoms with Crippen molar-refractivity contribution in [1.29, 1.82) is 0 Å². The van der Waals surface area contributed by atoms with Crippen molar-refractivity contribution in [1.82, 2.24) is 0 Å². The van der Waals surface area contributed by atoms with Crippen molar-refractivity contribution in [2.75, 3.05) is 14.2 Å². The zero-order valence-corrected chi connectivity index (χ0v) is 13.4. The molecule has 1 aromatic carbocycles. The van der Waals surface area contributed by atoms with Crippen molar-refractivity contribution in [3.8, 4) is 11.5 Å². The lowest BCUT2D eigenvalue weighted by Gasteiger charge is -2.11. The number of rotatable bonds is 4. The van der Waals surface area contributed by atoms with Gasteiger partial charge in [-0.2, -0.15) is 11.3 Å². The Morgan fingerprint density at radius 1 is 1.26 bits per heavy atom. The number of thiophene rings is 1. The van der Waals surface area contributed by atoms with E-state index in [1.165, 1.54) is 25.6 Å². The molecule has 0 unspecified atom stereocenters. The van der Waals surface area contributed by atoms with Crippen LogP contribution in [0.4, 0.5) is 0 Å². The summed E-state index contributed by atoms with van der Waals surface area (Å²) in [5, 5.41) is 3.99. The second kappa shape index (κ2) is 5.94. The molecule has 19 heavy (non-hydrogen) atoms. The number of hydrogen-bond donors (Lipinski definition) is 0. The highest BCUT2D eigenvalue weighted by Gasteiger charge is 2.18. The first kappa shape index (κ1) is 14.4. The summed E-state index contributed by atoms with van der Waals surface area (Å²) in [5.41, 5.74) is 1.06. The highest BCUT2D eigenvalue weighted by Crippen LogP contribution is 2.37. The maximum absolute atomic E-state index is 12.4.